The Morgan fingerprint density at radius 2 is 1.05 bits per heavy atom. The predicted molar refractivity (Wildman–Crippen MR) is 64.7 cm³/mol. The Balaban J connectivity index is 0.00000180. The first-order chi connectivity index (χ1) is 8.21. The first kappa shape index (κ1) is 17.2. The van der Waals surface area contributed by atoms with Gasteiger partial charge in [0, 0.05) is 10.8 Å². The Morgan fingerprint density at radius 1 is 0.737 bits per heavy atom. The molecule has 2 aromatic rings. The molecule has 2 rings (SSSR count). The number of benzene rings is 2. The van der Waals surface area contributed by atoms with Crippen molar-refractivity contribution < 1.29 is 78.8 Å². The van der Waals surface area contributed by atoms with E-state index >= 15 is 0 Å². The van der Waals surface area contributed by atoms with Crippen LogP contribution in [-0.2, 0) is 20.2 Å². The molecule has 0 radical (unpaired) electrons. The van der Waals surface area contributed by atoms with Crippen LogP contribution in [0.1, 0.15) is 1.43 Å². The van der Waals surface area contributed by atoms with Crippen LogP contribution in [0, 0.1) is 0 Å². The molecule has 0 aliphatic heterocycles. The maximum Gasteiger partial charge on any atom is 1.00 e. The second kappa shape index (κ2) is 5.88. The third-order valence-corrected chi connectivity index (χ3v) is 4.22. The molecule has 0 unspecified atom stereocenters. The van der Waals surface area contributed by atoms with Gasteiger partial charge < -0.3 is 1.43 Å². The van der Waals surface area contributed by atoms with Crippen molar-refractivity contribution in [3.05, 3.63) is 36.4 Å². The number of hydrogen-bond donors (Lipinski definition) is 2. The maximum atomic E-state index is 11.2. The summed E-state index contributed by atoms with van der Waals surface area (Å²) >= 11 is 0. The molecule has 0 fully saturated rings. The van der Waals surface area contributed by atoms with Gasteiger partial charge in [-0.1, -0.05) is 24.3 Å². The van der Waals surface area contributed by atoms with E-state index in [1.807, 2.05) is 0 Å². The molecule has 0 atom stereocenters. The Labute approximate surface area is 154 Å². The van der Waals surface area contributed by atoms with E-state index in [1.165, 1.54) is 24.3 Å². The summed E-state index contributed by atoms with van der Waals surface area (Å²) in [4.78, 5) is -0.823. The van der Waals surface area contributed by atoms with Crippen LogP contribution >= 0.6 is 0 Å². The fourth-order valence-corrected chi connectivity index (χ4v) is 3.12. The van der Waals surface area contributed by atoms with E-state index in [1.54, 1.807) is 0 Å². The molecular weight excluding hydrogens is 319 g/mol. The van der Waals surface area contributed by atoms with Crippen LogP contribution in [-0.4, -0.2) is 25.9 Å². The average Bonchev–Trinajstić information content (AvgIpc) is 2.24. The van der Waals surface area contributed by atoms with Gasteiger partial charge in [0.25, 0.3) is 20.2 Å². The van der Waals surface area contributed by atoms with E-state index in [0.717, 1.165) is 12.1 Å². The Kier molecular flexibility index (Phi) is 5.32. The molecule has 2 aromatic carbocycles. The van der Waals surface area contributed by atoms with E-state index in [4.69, 9.17) is 9.11 Å². The fraction of sp³-hybridized carbons (Fsp3) is 0. The summed E-state index contributed by atoms with van der Waals surface area (Å²) in [6.07, 6.45) is 0. The summed E-state index contributed by atoms with van der Waals surface area (Å²) in [6, 6.07) is 7.53. The van der Waals surface area contributed by atoms with Crippen LogP contribution in [0.2, 0.25) is 0 Å². The van der Waals surface area contributed by atoms with Gasteiger partial charge in [0.2, 0.25) is 0 Å². The summed E-state index contributed by atoms with van der Waals surface area (Å²) in [5.74, 6) is 0. The summed E-state index contributed by atoms with van der Waals surface area (Å²) in [6.45, 7) is 0. The monoisotopic (exact) mass is 328 g/mol. The molecule has 9 heteroatoms. The number of hydrogen-bond acceptors (Lipinski definition) is 4. The van der Waals surface area contributed by atoms with Gasteiger partial charge in [0.15, 0.2) is 0 Å². The molecule has 0 spiro atoms. The second-order valence-corrected chi connectivity index (χ2v) is 6.34. The molecule has 0 heterocycles. The predicted octanol–water partition coefficient (Wildman–Crippen LogP) is -1.55. The largest absolute Gasteiger partial charge is 1.00 e. The van der Waals surface area contributed by atoms with Gasteiger partial charge >= 0.3 is 51.4 Å². The zero-order valence-electron chi connectivity index (χ0n) is 10.8. The fourth-order valence-electron chi connectivity index (χ4n) is 1.70. The normalized spacial score (nSPS) is 12.1. The summed E-state index contributed by atoms with van der Waals surface area (Å²) in [7, 11) is -8.94. The molecule has 2 N–H and O–H groups in total. The topological polar surface area (TPSA) is 109 Å². The van der Waals surface area contributed by atoms with Gasteiger partial charge in [-0.3, -0.25) is 9.11 Å². The molecule has 0 bridgehead atoms. The van der Waals surface area contributed by atoms with Gasteiger partial charge in [0.05, 0.1) is 0 Å². The third kappa shape index (κ3) is 3.63. The molecule has 0 aromatic heterocycles. The SMILES string of the molecule is O=S(=O)(O)c1cccc2c(S(=O)(=O)O)cccc12.[H-].[K+]. The first-order valence-electron chi connectivity index (χ1n) is 4.68. The van der Waals surface area contributed by atoms with E-state index < -0.39 is 30.0 Å². The van der Waals surface area contributed by atoms with E-state index in [0.29, 0.717) is 0 Å². The quantitative estimate of drug-likeness (QED) is 0.510. The third-order valence-electron chi connectivity index (χ3n) is 2.40. The molecule has 0 aliphatic carbocycles. The van der Waals surface area contributed by atoms with Gasteiger partial charge in [0.1, 0.15) is 9.79 Å². The van der Waals surface area contributed by atoms with Crippen molar-refractivity contribution in [1.82, 2.24) is 0 Å². The van der Waals surface area contributed by atoms with Crippen LogP contribution in [0.4, 0.5) is 0 Å². The first-order valence-corrected chi connectivity index (χ1v) is 7.56. The Bertz CT molecular complexity index is 761. The number of fused-ring (bicyclic) bond motifs is 1. The smallest absolute Gasteiger partial charge is 1.00 e. The molecule has 98 valence electrons. The van der Waals surface area contributed by atoms with Crippen molar-refractivity contribution in [3.63, 3.8) is 0 Å². The molecule has 6 nitrogen and oxygen atoms in total. The Morgan fingerprint density at radius 3 is 1.32 bits per heavy atom. The van der Waals surface area contributed by atoms with Gasteiger partial charge in [-0.2, -0.15) is 16.8 Å². The van der Waals surface area contributed by atoms with Gasteiger partial charge in [-0.05, 0) is 12.1 Å². The minimum absolute atomic E-state index is 0. The van der Waals surface area contributed by atoms with Crippen molar-refractivity contribution in [2.24, 2.45) is 0 Å². The van der Waals surface area contributed by atoms with Crippen LogP contribution < -0.4 is 51.4 Å². The molecule has 19 heavy (non-hydrogen) atoms. The summed E-state index contributed by atoms with van der Waals surface area (Å²) in [5.41, 5.74) is 0. The van der Waals surface area contributed by atoms with E-state index in [-0.39, 0.29) is 63.6 Å². The minimum Gasteiger partial charge on any atom is -1.00 e. The standard InChI is InChI=1S/C10H8O6S2.K.H/c11-17(12,13)9-5-1-3-7-8(9)4-2-6-10(7)18(14,15)16;;/h1-6H,(H,11,12,13)(H,14,15,16);;/q;+1;-1. The Hall–Kier alpha value is 0.156. The zero-order valence-corrected chi connectivity index (χ0v) is 14.6. The molecular formula is C10H9KO6S2. The van der Waals surface area contributed by atoms with E-state index in [9.17, 15) is 16.8 Å². The zero-order chi connectivity index (χ0) is 13.6. The van der Waals surface area contributed by atoms with Crippen LogP contribution in [0.3, 0.4) is 0 Å². The molecule has 0 aliphatic rings. The van der Waals surface area contributed by atoms with Crippen molar-refractivity contribution in [1.29, 1.82) is 0 Å². The van der Waals surface area contributed by atoms with Crippen LogP contribution in [0.15, 0.2) is 46.2 Å². The molecule has 0 amide bonds. The number of rotatable bonds is 2. The summed E-state index contributed by atoms with van der Waals surface area (Å²) < 4.78 is 62.7. The van der Waals surface area contributed by atoms with Gasteiger partial charge in [-0.25, -0.2) is 0 Å². The van der Waals surface area contributed by atoms with Crippen molar-refractivity contribution >= 4 is 31.0 Å². The minimum atomic E-state index is -4.47. The molecule has 0 saturated heterocycles. The van der Waals surface area contributed by atoms with Crippen molar-refractivity contribution in [2.45, 2.75) is 9.79 Å². The maximum absolute atomic E-state index is 11.2. The van der Waals surface area contributed by atoms with E-state index in [2.05, 4.69) is 0 Å². The van der Waals surface area contributed by atoms with Crippen molar-refractivity contribution in [3.8, 4) is 0 Å². The summed E-state index contributed by atoms with van der Waals surface area (Å²) in [5, 5.41) is 0.0465. The van der Waals surface area contributed by atoms with Crippen molar-refractivity contribution in [2.75, 3.05) is 0 Å². The molecule has 0 saturated carbocycles. The van der Waals surface area contributed by atoms with Crippen LogP contribution in [0.25, 0.3) is 10.8 Å². The van der Waals surface area contributed by atoms with Gasteiger partial charge in [-0.15, -0.1) is 0 Å². The van der Waals surface area contributed by atoms with Crippen LogP contribution in [0.5, 0.6) is 0 Å². The second-order valence-electron chi connectivity index (χ2n) is 3.56. The average molecular weight is 328 g/mol.